The lowest BCUT2D eigenvalue weighted by atomic mass is 10.1. The molecule has 2 aromatic rings. The summed E-state index contributed by atoms with van der Waals surface area (Å²) in [5.74, 6) is -0.634. The Morgan fingerprint density at radius 1 is 1.35 bits per heavy atom. The largest absolute Gasteiger partial charge is 0.416 e. The lowest BCUT2D eigenvalue weighted by Crippen LogP contribution is -2.38. The van der Waals surface area contributed by atoms with Gasteiger partial charge in [0, 0.05) is 11.6 Å². The second-order valence-corrected chi connectivity index (χ2v) is 8.12. The van der Waals surface area contributed by atoms with E-state index >= 15 is 0 Å². The molecule has 140 valence electrons. The molecule has 0 aliphatic carbocycles. The van der Waals surface area contributed by atoms with E-state index in [9.17, 15) is 26.4 Å². The maximum Gasteiger partial charge on any atom is 0.416 e. The Hall–Kier alpha value is -2.50. The van der Waals surface area contributed by atoms with Gasteiger partial charge in [0.1, 0.15) is 6.54 Å². The van der Waals surface area contributed by atoms with Crippen LogP contribution in [0, 0.1) is 0 Å². The number of carbonyl (C=O) groups excluding carboxylic acids is 1. The van der Waals surface area contributed by atoms with Crippen LogP contribution in [0.4, 0.5) is 13.2 Å². The average Bonchev–Trinajstić information content (AvgIpc) is 3.13. The smallest absolute Gasteiger partial charge is 0.351 e. The third kappa shape index (κ3) is 4.36. The van der Waals surface area contributed by atoms with Gasteiger partial charge in [-0.1, -0.05) is 12.1 Å². The maximum atomic E-state index is 12.8. The molecule has 0 radical (unpaired) electrons. The van der Waals surface area contributed by atoms with E-state index in [1.807, 2.05) is 0 Å². The summed E-state index contributed by atoms with van der Waals surface area (Å²) in [6.07, 6.45) is -4.15. The number of nitrogens with one attached hydrogen (secondary N) is 1. The Bertz CT molecular complexity index is 926. The molecule has 1 aromatic carbocycles. The van der Waals surface area contributed by atoms with E-state index in [4.69, 9.17) is 0 Å². The minimum Gasteiger partial charge on any atom is -0.351 e. The first-order valence-electron chi connectivity index (χ1n) is 7.58. The standard InChI is InChI=1S/C14H14F3N5O3S/c15-14(16,17)10-3-1-2-9(6-10)13-19-21-22(20-13)7-12(23)18-11-4-5-26(24,25)8-11/h1-3,6,11H,4-5,7-8H2,(H,18,23)/t11-/m1/s1. The highest BCUT2D eigenvalue weighted by molar-refractivity contribution is 7.91. The van der Waals surface area contributed by atoms with Gasteiger partial charge in [-0.05, 0) is 23.8 Å². The topological polar surface area (TPSA) is 107 Å². The molecule has 1 amide bonds. The van der Waals surface area contributed by atoms with E-state index in [1.54, 1.807) is 0 Å². The van der Waals surface area contributed by atoms with Crippen molar-refractivity contribution in [3.63, 3.8) is 0 Å². The van der Waals surface area contributed by atoms with E-state index in [0.29, 0.717) is 6.42 Å². The second kappa shape index (κ2) is 6.67. The van der Waals surface area contributed by atoms with E-state index < -0.39 is 33.5 Å². The Balaban J connectivity index is 1.66. The minimum atomic E-state index is -4.49. The van der Waals surface area contributed by atoms with Crippen LogP contribution in [0.15, 0.2) is 24.3 Å². The van der Waals surface area contributed by atoms with Crippen LogP contribution in [0.3, 0.4) is 0 Å². The summed E-state index contributed by atoms with van der Waals surface area (Å²) in [5, 5.41) is 13.8. The van der Waals surface area contributed by atoms with Crippen molar-refractivity contribution >= 4 is 15.7 Å². The van der Waals surface area contributed by atoms with E-state index in [0.717, 1.165) is 16.9 Å². The molecule has 12 heteroatoms. The number of nitrogens with zero attached hydrogens (tertiary/aromatic N) is 4. The number of hydrogen-bond donors (Lipinski definition) is 1. The Labute approximate surface area is 146 Å². The molecule has 2 heterocycles. The van der Waals surface area contributed by atoms with Gasteiger partial charge in [0.05, 0.1) is 17.1 Å². The number of tetrazole rings is 1. The molecule has 1 N–H and O–H groups in total. The molecule has 0 unspecified atom stereocenters. The molecular weight excluding hydrogens is 375 g/mol. The highest BCUT2D eigenvalue weighted by Gasteiger charge is 2.31. The van der Waals surface area contributed by atoms with Crippen LogP contribution >= 0.6 is 0 Å². The fraction of sp³-hybridized carbons (Fsp3) is 0.429. The number of sulfone groups is 1. The normalized spacial score (nSPS) is 19.4. The third-order valence-electron chi connectivity index (χ3n) is 3.78. The summed E-state index contributed by atoms with van der Waals surface area (Å²) < 4.78 is 61.0. The van der Waals surface area contributed by atoms with Crippen molar-refractivity contribution < 1.29 is 26.4 Å². The van der Waals surface area contributed by atoms with Crippen molar-refractivity contribution in [2.75, 3.05) is 11.5 Å². The molecule has 1 aliphatic heterocycles. The van der Waals surface area contributed by atoms with Gasteiger partial charge in [0.15, 0.2) is 9.84 Å². The Kier molecular flexibility index (Phi) is 4.69. The van der Waals surface area contributed by atoms with Crippen molar-refractivity contribution in [2.24, 2.45) is 0 Å². The van der Waals surface area contributed by atoms with Crippen molar-refractivity contribution in [1.29, 1.82) is 0 Å². The summed E-state index contributed by atoms with van der Waals surface area (Å²) in [6.45, 7) is -0.317. The first kappa shape index (κ1) is 18.3. The molecule has 1 aromatic heterocycles. The lowest BCUT2D eigenvalue weighted by Gasteiger charge is -2.09. The van der Waals surface area contributed by atoms with Crippen molar-refractivity contribution in [3.05, 3.63) is 29.8 Å². The SMILES string of the molecule is O=C(Cn1nnc(-c2cccc(C(F)(F)F)c2)n1)N[C@@H]1CCS(=O)(=O)C1. The summed E-state index contributed by atoms with van der Waals surface area (Å²) in [7, 11) is -3.12. The van der Waals surface area contributed by atoms with Crippen LogP contribution in [0.1, 0.15) is 12.0 Å². The fourth-order valence-corrected chi connectivity index (χ4v) is 4.24. The van der Waals surface area contributed by atoms with Crippen molar-refractivity contribution in [1.82, 2.24) is 25.5 Å². The molecule has 8 nitrogen and oxygen atoms in total. The molecule has 1 aliphatic rings. The van der Waals surface area contributed by atoms with Gasteiger partial charge in [0.2, 0.25) is 11.7 Å². The van der Waals surface area contributed by atoms with Crippen LogP contribution in [-0.2, 0) is 27.4 Å². The Morgan fingerprint density at radius 3 is 2.77 bits per heavy atom. The zero-order valence-electron chi connectivity index (χ0n) is 13.3. The van der Waals surface area contributed by atoms with Gasteiger partial charge in [0.25, 0.3) is 0 Å². The quantitative estimate of drug-likeness (QED) is 0.823. The lowest BCUT2D eigenvalue weighted by molar-refractivity contribution is -0.137. The zero-order chi connectivity index (χ0) is 18.9. The van der Waals surface area contributed by atoms with Gasteiger partial charge in [-0.3, -0.25) is 4.79 Å². The number of carbonyl (C=O) groups is 1. The number of rotatable bonds is 4. The number of aromatic nitrogens is 4. The average molecular weight is 389 g/mol. The first-order chi connectivity index (χ1) is 12.1. The molecule has 0 bridgehead atoms. The van der Waals surface area contributed by atoms with Crippen LogP contribution in [0.25, 0.3) is 11.4 Å². The van der Waals surface area contributed by atoms with E-state index in [1.165, 1.54) is 12.1 Å². The maximum absolute atomic E-state index is 12.8. The second-order valence-electron chi connectivity index (χ2n) is 5.89. The minimum absolute atomic E-state index is 0.0270. The van der Waals surface area contributed by atoms with Gasteiger partial charge in [-0.15, -0.1) is 10.2 Å². The van der Waals surface area contributed by atoms with Gasteiger partial charge in [-0.25, -0.2) is 8.42 Å². The summed E-state index contributed by atoms with van der Waals surface area (Å²) in [6, 6.07) is 3.99. The predicted molar refractivity (Wildman–Crippen MR) is 83.5 cm³/mol. The van der Waals surface area contributed by atoms with Gasteiger partial charge < -0.3 is 5.32 Å². The molecule has 3 rings (SSSR count). The van der Waals surface area contributed by atoms with Crippen molar-refractivity contribution in [2.45, 2.75) is 25.2 Å². The fourth-order valence-electron chi connectivity index (χ4n) is 2.57. The van der Waals surface area contributed by atoms with Crippen LogP contribution < -0.4 is 5.32 Å². The molecule has 1 fully saturated rings. The number of alkyl halides is 3. The molecule has 1 atom stereocenters. The Morgan fingerprint density at radius 2 is 2.12 bits per heavy atom. The highest BCUT2D eigenvalue weighted by Crippen LogP contribution is 2.31. The van der Waals surface area contributed by atoms with Crippen LogP contribution in [-0.4, -0.2) is 52.1 Å². The van der Waals surface area contributed by atoms with Crippen LogP contribution in [0.5, 0.6) is 0 Å². The van der Waals surface area contributed by atoms with E-state index in [2.05, 4.69) is 20.7 Å². The van der Waals surface area contributed by atoms with Gasteiger partial charge in [-0.2, -0.15) is 18.0 Å². The molecular formula is C14H14F3N5O3S. The predicted octanol–water partition coefficient (Wildman–Crippen LogP) is 0.662. The van der Waals surface area contributed by atoms with Gasteiger partial charge >= 0.3 is 6.18 Å². The summed E-state index contributed by atoms with van der Waals surface area (Å²) >= 11 is 0. The number of halogens is 3. The number of hydrogen-bond acceptors (Lipinski definition) is 6. The zero-order valence-corrected chi connectivity index (χ0v) is 14.1. The first-order valence-corrected chi connectivity index (χ1v) is 9.40. The third-order valence-corrected chi connectivity index (χ3v) is 5.55. The van der Waals surface area contributed by atoms with Crippen LogP contribution in [0.2, 0.25) is 0 Å². The summed E-state index contributed by atoms with van der Waals surface area (Å²) in [4.78, 5) is 12.9. The molecule has 0 saturated carbocycles. The highest BCUT2D eigenvalue weighted by atomic mass is 32.2. The monoisotopic (exact) mass is 389 g/mol. The van der Waals surface area contributed by atoms with E-state index in [-0.39, 0.29) is 29.4 Å². The molecule has 1 saturated heterocycles. The van der Waals surface area contributed by atoms with Crippen molar-refractivity contribution in [3.8, 4) is 11.4 Å². The number of benzene rings is 1. The summed E-state index contributed by atoms with van der Waals surface area (Å²) in [5.41, 5.74) is -0.722. The molecule has 26 heavy (non-hydrogen) atoms. The number of amides is 1. The molecule has 0 spiro atoms.